The lowest BCUT2D eigenvalue weighted by Crippen LogP contribution is -2.20. The molecule has 3 rings (SSSR count). The Balaban J connectivity index is 1.30. The summed E-state index contributed by atoms with van der Waals surface area (Å²) in [5.41, 5.74) is 1.55. The van der Waals surface area contributed by atoms with Crippen LogP contribution in [0.1, 0.15) is 154 Å². The van der Waals surface area contributed by atoms with Crippen molar-refractivity contribution in [3.63, 3.8) is 0 Å². The number of rotatable bonds is 16. The smallest absolute Gasteiger partial charge is 0.119 e. The quantitative estimate of drug-likeness (QED) is 0.219. The van der Waals surface area contributed by atoms with Crippen LogP contribution in [0.15, 0.2) is 24.3 Å². The van der Waals surface area contributed by atoms with Gasteiger partial charge in [-0.1, -0.05) is 116 Å². The third-order valence-corrected chi connectivity index (χ3v) is 9.15. The average molecular weight is 469 g/mol. The van der Waals surface area contributed by atoms with Crippen LogP contribution in [-0.2, 0) is 0 Å². The maximum atomic E-state index is 6.16. The third kappa shape index (κ3) is 9.94. The normalized spacial score (nSPS) is 25.4. The molecule has 2 atom stereocenters. The van der Waals surface area contributed by atoms with E-state index in [1.54, 1.807) is 5.56 Å². The van der Waals surface area contributed by atoms with Gasteiger partial charge >= 0.3 is 0 Å². The number of benzene rings is 1. The van der Waals surface area contributed by atoms with E-state index in [-0.39, 0.29) is 0 Å². The fraction of sp³-hybridized carbons (Fsp3) is 0.818. The lowest BCUT2D eigenvalue weighted by molar-refractivity contribution is 0.190. The van der Waals surface area contributed by atoms with E-state index in [9.17, 15) is 0 Å². The van der Waals surface area contributed by atoms with Gasteiger partial charge < -0.3 is 4.74 Å². The van der Waals surface area contributed by atoms with Gasteiger partial charge in [-0.3, -0.25) is 0 Å². The van der Waals surface area contributed by atoms with Crippen LogP contribution in [0.3, 0.4) is 0 Å². The third-order valence-electron chi connectivity index (χ3n) is 9.15. The SMILES string of the molecule is CCCCCCCC1CCC(c2ccc(OCCCC3CCCCC3CCCCC)cc2)CC1. The Morgan fingerprint density at radius 2 is 1.21 bits per heavy atom. The van der Waals surface area contributed by atoms with Gasteiger partial charge in [0.05, 0.1) is 6.61 Å². The standard InChI is InChI=1S/C33H56O/c1-3-5-7-8-10-14-28-19-21-31(22-20-28)32-23-25-33(26-24-32)34-27-13-18-30-17-12-11-16-29(30)15-9-6-4-2/h23-26,28-31H,3-22,27H2,1-2H3. The van der Waals surface area contributed by atoms with Crippen molar-refractivity contribution in [1.82, 2.24) is 0 Å². The van der Waals surface area contributed by atoms with Gasteiger partial charge in [0, 0.05) is 0 Å². The van der Waals surface area contributed by atoms with Crippen LogP contribution >= 0.6 is 0 Å². The van der Waals surface area contributed by atoms with Crippen LogP contribution in [0.5, 0.6) is 5.75 Å². The highest BCUT2D eigenvalue weighted by Crippen LogP contribution is 2.39. The summed E-state index contributed by atoms with van der Waals surface area (Å²) in [5.74, 6) is 4.81. The van der Waals surface area contributed by atoms with Gasteiger partial charge in [0.25, 0.3) is 0 Å². The first-order valence-electron chi connectivity index (χ1n) is 15.5. The zero-order chi connectivity index (χ0) is 23.8. The summed E-state index contributed by atoms with van der Waals surface area (Å²) in [5, 5.41) is 0. The predicted octanol–water partition coefficient (Wildman–Crippen LogP) is 10.9. The Morgan fingerprint density at radius 3 is 1.88 bits per heavy atom. The van der Waals surface area contributed by atoms with Crippen molar-refractivity contribution in [1.29, 1.82) is 0 Å². The van der Waals surface area contributed by atoms with E-state index in [2.05, 4.69) is 38.1 Å². The van der Waals surface area contributed by atoms with Crippen LogP contribution < -0.4 is 4.74 Å². The number of hydrogen-bond acceptors (Lipinski definition) is 1. The molecule has 0 aliphatic heterocycles. The fourth-order valence-electron chi connectivity index (χ4n) is 6.89. The molecule has 0 aromatic heterocycles. The lowest BCUT2D eigenvalue weighted by atomic mass is 9.74. The first kappa shape index (κ1) is 27.6. The summed E-state index contributed by atoms with van der Waals surface area (Å²) < 4.78 is 6.16. The number of unbranched alkanes of at least 4 members (excludes halogenated alkanes) is 6. The van der Waals surface area contributed by atoms with Gasteiger partial charge in [0.2, 0.25) is 0 Å². The van der Waals surface area contributed by atoms with Gasteiger partial charge in [-0.05, 0) is 79.9 Å². The van der Waals surface area contributed by atoms with E-state index < -0.39 is 0 Å². The van der Waals surface area contributed by atoms with Crippen LogP contribution in [0.25, 0.3) is 0 Å². The Labute approximate surface area is 212 Å². The van der Waals surface area contributed by atoms with Gasteiger partial charge in [-0.25, -0.2) is 0 Å². The van der Waals surface area contributed by atoms with Crippen LogP contribution in [-0.4, -0.2) is 6.61 Å². The highest BCUT2D eigenvalue weighted by molar-refractivity contribution is 5.29. The van der Waals surface area contributed by atoms with E-state index in [0.717, 1.165) is 36.0 Å². The van der Waals surface area contributed by atoms with Crippen molar-refractivity contribution in [2.24, 2.45) is 17.8 Å². The Bertz CT molecular complexity index is 612. The molecule has 0 bridgehead atoms. The Kier molecular flexibility index (Phi) is 13.5. The second-order valence-electron chi connectivity index (χ2n) is 11.8. The second-order valence-corrected chi connectivity index (χ2v) is 11.8. The second kappa shape index (κ2) is 16.6. The molecular formula is C33H56O. The zero-order valence-electron chi connectivity index (χ0n) is 22.9. The predicted molar refractivity (Wildman–Crippen MR) is 149 cm³/mol. The van der Waals surface area contributed by atoms with Gasteiger partial charge in [-0.2, -0.15) is 0 Å². The van der Waals surface area contributed by atoms with Crippen LogP contribution in [0.4, 0.5) is 0 Å². The van der Waals surface area contributed by atoms with Gasteiger partial charge in [-0.15, -0.1) is 0 Å². The molecule has 1 aromatic rings. The van der Waals surface area contributed by atoms with Crippen molar-refractivity contribution >= 4 is 0 Å². The first-order chi connectivity index (χ1) is 16.8. The van der Waals surface area contributed by atoms with Crippen molar-refractivity contribution in [3.8, 4) is 5.75 Å². The molecule has 0 heterocycles. The lowest BCUT2D eigenvalue weighted by Gasteiger charge is -2.31. The molecule has 0 amide bonds. The van der Waals surface area contributed by atoms with Crippen LogP contribution in [0.2, 0.25) is 0 Å². The highest BCUT2D eigenvalue weighted by Gasteiger charge is 2.24. The molecule has 1 nitrogen and oxygen atoms in total. The molecule has 1 aromatic carbocycles. The summed E-state index contributed by atoms with van der Waals surface area (Å²) in [7, 11) is 0. The van der Waals surface area contributed by atoms with Crippen molar-refractivity contribution in [3.05, 3.63) is 29.8 Å². The van der Waals surface area contributed by atoms with Crippen molar-refractivity contribution < 1.29 is 4.74 Å². The average Bonchev–Trinajstić information content (AvgIpc) is 2.88. The Hall–Kier alpha value is -0.980. The molecular weight excluding hydrogens is 412 g/mol. The summed E-state index contributed by atoms with van der Waals surface area (Å²) >= 11 is 0. The van der Waals surface area contributed by atoms with E-state index in [0.29, 0.717) is 0 Å². The number of hydrogen-bond donors (Lipinski definition) is 0. The molecule has 2 unspecified atom stereocenters. The topological polar surface area (TPSA) is 9.23 Å². The molecule has 2 saturated carbocycles. The molecule has 0 radical (unpaired) electrons. The largest absolute Gasteiger partial charge is 0.494 e. The van der Waals surface area contributed by atoms with E-state index >= 15 is 0 Å². The number of ether oxygens (including phenoxy) is 1. The first-order valence-corrected chi connectivity index (χ1v) is 15.5. The van der Waals surface area contributed by atoms with Crippen molar-refractivity contribution in [2.75, 3.05) is 6.61 Å². The summed E-state index contributed by atoms with van der Waals surface area (Å²) in [6, 6.07) is 9.19. The van der Waals surface area contributed by atoms with Gasteiger partial charge in [0.1, 0.15) is 5.75 Å². The molecule has 0 spiro atoms. The molecule has 194 valence electrons. The maximum Gasteiger partial charge on any atom is 0.119 e. The zero-order valence-corrected chi connectivity index (χ0v) is 22.9. The summed E-state index contributed by atoms with van der Waals surface area (Å²) in [6.07, 6.45) is 28.4. The molecule has 0 N–H and O–H groups in total. The van der Waals surface area contributed by atoms with Crippen LogP contribution in [0, 0.1) is 17.8 Å². The fourth-order valence-corrected chi connectivity index (χ4v) is 6.89. The Morgan fingerprint density at radius 1 is 0.618 bits per heavy atom. The summed E-state index contributed by atoms with van der Waals surface area (Å²) in [6.45, 7) is 5.52. The van der Waals surface area contributed by atoms with Crippen molar-refractivity contribution in [2.45, 2.75) is 148 Å². The monoisotopic (exact) mass is 468 g/mol. The molecule has 2 fully saturated rings. The highest BCUT2D eigenvalue weighted by atomic mass is 16.5. The molecule has 34 heavy (non-hydrogen) atoms. The molecule has 2 aliphatic rings. The van der Waals surface area contributed by atoms with E-state index in [1.165, 1.54) is 128 Å². The minimum absolute atomic E-state index is 0.779. The van der Waals surface area contributed by atoms with E-state index in [1.807, 2.05) is 0 Å². The molecule has 2 aliphatic carbocycles. The maximum absolute atomic E-state index is 6.16. The van der Waals surface area contributed by atoms with E-state index in [4.69, 9.17) is 4.74 Å². The molecule has 1 heteroatoms. The summed E-state index contributed by atoms with van der Waals surface area (Å²) in [4.78, 5) is 0. The minimum atomic E-state index is 0.779. The van der Waals surface area contributed by atoms with Gasteiger partial charge in [0.15, 0.2) is 0 Å². The molecule has 0 saturated heterocycles. The minimum Gasteiger partial charge on any atom is -0.494 e.